The van der Waals surface area contributed by atoms with Crippen molar-refractivity contribution in [1.82, 2.24) is 73.6 Å². The zero-order chi connectivity index (χ0) is 99.3. The molecule has 46 nitrogen and oxygen atoms in total. The van der Waals surface area contributed by atoms with Crippen LogP contribution in [0.2, 0.25) is 0 Å². The van der Waals surface area contributed by atoms with Crippen LogP contribution in [0.3, 0.4) is 0 Å². The van der Waals surface area contributed by atoms with Crippen LogP contribution in [0.25, 0.3) is 0 Å². The molecular formula is C86H153N25O21. The minimum Gasteiger partial charge on any atom is -0.481 e. The second-order valence-corrected chi connectivity index (χ2v) is 36.1. The molecule has 2 saturated heterocycles. The predicted molar refractivity (Wildman–Crippen MR) is 490 cm³/mol. The predicted octanol–water partition coefficient (Wildman–Crippen LogP) is -4.50. The summed E-state index contributed by atoms with van der Waals surface area (Å²) >= 11 is 0. The normalized spacial score (nSPS) is 18.1. The van der Waals surface area contributed by atoms with E-state index in [1.807, 2.05) is 13.8 Å². The van der Waals surface area contributed by atoms with Gasteiger partial charge < -0.3 is 140 Å². The summed E-state index contributed by atoms with van der Waals surface area (Å²) in [5.74, 6) is -18.1. The summed E-state index contributed by atoms with van der Waals surface area (Å²) in [4.78, 5) is 253. The first-order chi connectivity index (χ1) is 62.1. The molecule has 1 aliphatic carbocycles. The Morgan fingerprint density at radius 3 is 1.23 bits per heavy atom. The monoisotopic (exact) mass is 1870 g/mol. The van der Waals surface area contributed by atoms with Crippen LogP contribution in [0.1, 0.15) is 243 Å². The van der Waals surface area contributed by atoms with Crippen molar-refractivity contribution in [3.8, 4) is 0 Å². The summed E-state index contributed by atoms with van der Waals surface area (Å²) in [6.45, 7) is 17.2. The molecule has 9 unspecified atom stereocenters. The van der Waals surface area contributed by atoms with E-state index in [2.05, 4.69) is 78.8 Å². The molecule has 3 fully saturated rings. The lowest BCUT2D eigenvalue weighted by Gasteiger charge is -2.33. The summed E-state index contributed by atoms with van der Waals surface area (Å²) in [5.41, 5.74) is 45.1. The van der Waals surface area contributed by atoms with E-state index in [9.17, 15) is 87.2 Å². The number of rotatable bonds is 61. The van der Waals surface area contributed by atoms with Crippen LogP contribution in [0.5, 0.6) is 0 Å². The van der Waals surface area contributed by atoms with Crippen molar-refractivity contribution in [1.29, 1.82) is 0 Å². The zero-order valence-electron chi connectivity index (χ0n) is 78.6. The van der Waals surface area contributed by atoms with Gasteiger partial charge in [-0.15, -0.1) is 0 Å². The highest BCUT2D eigenvalue weighted by atomic mass is 16.4. The van der Waals surface area contributed by atoms with Crippen LogP contribution in [0.15, 0.2) is 15.0 Å². The molecule has 3 rings (SSSR count). The number of unbranched alkanes of at least 4 members (excludes halogenated alkanes) is 1. The highest BCUT2D eigenvalue weighted by Crippen LogP contribution is 2.32. The number of hydrogen-bond donors (Lipinski definition) is 24. The first-order valence-corrected chi connectivity index (χ1v) is 46.3. The molecule has 18 atom stereocenters. The molecule has 132 heavy (non-hydrogen) atoms. The third kappa shape index (κ3) is 41.3. The van der Waals surface area contributed by atoms with Crippen LogP contribution >= 0.6 is 0 Å². The van der Waals surface area contributed by atoms with Crippen molar-refractivity contribution in [3.05, 3.63) is 0 Å². The van der Waals surface area contributed by atoms with E-state index in [1.54, 1.807) is 41.5 Å². The van der Waals surface area contributed by atoms with Crippen molar-refractivity contribution < 1.29 is 102 Å². The largest absolute Gasteiger partial charge is 0.481 e. The number of guanidine groups is 3. The first kappa shape index (κ1) is 115. The van der Waals surface area contributed by atoms with E-state index in [-0.39, 0.29) is 171 Å². The summed E-state index contributed by atoms with van der Waals surface area (Å²) in [6.07, 6.45) is 4.00. The van der Waals surface area contributed by atoms with Gasteiger partial charge in [-0.3, -0.25) is 91.7 Å². The van der Waals surface area contributed by atoms with Crippen LogP contribution in [0, 0.1) is 35.5 Å². The number of aliphatic carboxylic acids is 2. The second kappa shape index (κ2) is 59.4. The zero-order valence-corrected chi connectivity index (χ0v) is 78.6. The number of hydrogen-bond acceptors (Lipinski definition) is 24. The third-order valence-corrected chi connectivity index (χ3v) is 23.4. The van der Waals surface area contributed by atoms with Gasteiger partial charge in [0.1, 0.15) is 78.5 Å². The maximum Gasteiger partial charge on any atom is 0.326 e. The summed E-state index contributed by atoms with van der Waals surface area (Å²) in [5, 5.41) is 72.1. The van der Waals surface area contributed by atoms with Gasteiger partial charge >= 0.3 is 11.9 Å². The molecule has 748 valence electrons. The van der Waals surface area contributed by atoms with Gasteiger partial charge in [0.2, 0.25) is 82.7 Å². The van der Waals surface area contributed by atoms with Crippen LogP contribution in [-0.4, -0.2) is 291 Å². The van der Waals surface area contributed by atoms with Crippen LogP contribution < -0.4 is 110 Å². The van der Waals surface area contributed by atoms with Gasteiger partial charge in [-0.1, -0.05) is 93.9 Å². The number of amides is 14. The Morgan fingerprint density at radius 2 is 0.803 bits per heavy atom. The van der Waals surface area contributed by atoms with E-state index in [0.717, 1.165) is 39.0 Å². The molecule has 0 aromatic rings. The van der Waals surface area contributed by atoms with E-state index < -0.39 is 222 Å². The third-order valence-electron chi connectivity index (χ3n) is 23.4. The number of nitrogens with one attached hydrogen (secondary N) is 12. The number of aliphatic hydroxyl groups excluding tert-OH is 2. The molecule has 3 aliphatic rings. The Balaban J connectivity index is 1.91. The molecule has 0 bridgehead atoms. The number of aliphatic imine (C=N–C) groups is 3. The van der Waals surface area contributed by atoms with Crippen molar-refractivity contribution in [3.63, 3.8) is 0 Å². The Kier molecular flexibility index (Phi) is 51.7. The average Bonchev–Trinajstić information content (AvgIpc) is 1.65. The number of carbonyl (C=O) groups excluding carboxylic acids is 15. The highest BCUT2D eigenvalue weighted by Gasteiger charge is 2.45. The topological polar surface area (TPSA) is 767 Å². The summed E-state index contributed by atoms with van der Waals surface area (Å²) in [6, 6.07) is -20.9. The van der Waals surface area contributed by atoms with E-state index >= 15 is 9.59 Å². The van der Waals surface area contributed by atoms with Crippen LogP contribution in [0.4, 0.5) is 0 Å². The number of carboxylic acids is 2. The number of Topliss-reactive ketones (excluding diaryl/α,β-unsaturated/α-hetero) is 1. The van der Waals surface area contributed by atoms with Crippen molar-refractivity contribution in [2.75, 3.05) is 45.9 Å². The maximum atomic E-state index is 15.1. The fraction of sp³-hybridized carbons (Fsp3) is 0.767. The number of nitrogens with two attached hydrogens (primary N) is 8. The van der Waals surface area contributed by atoms with Gasteiger partial charge in [0, 0.05) is 51.5 Å². The number of carboxylic acid groups (broad SMARTS) is 2. The molecule has 0 aromatic carbocycles. The standard InChI is InChI=1S/C86H153N25O21/c1-12-48(8)53(81(129)110-37-21-30-65(110)79(127)103-58(83(131)132)25-16-17-33-87)43-66(114)59(42-52-23-14-13-15-24-52)104-72(120)55(26-18-34-95-84(89)90)100-74(122)61(40-46(4)5)106-73(121)56(27-19-35-96-85(91)92)101-77(125)63(44-112)108-80(128)68(51(11)113)109-76(124)62(41-47(6)7)107-75(123)60(39-45(2)3)105-70(118)50(10)99-78(126)64-29-22-38-111(64)82(130)57(28-20-36-97-86(93)94)102-69(117)49(9)98-71(119)54(88)31-32-67(115)116/h45-65,68,112-113H,12-44,87-88H2,1-11H3,(H,98,119)(H,99,126)(H,100,122)(H,101,125)(H,102,117)(H,103,127)(H,104,120)(H,105,118)(H,106,121)(H,107,123)(H,108,128)(H,109,124)(H,115,116)(H,131,132)(H4,89,90,95)(H4,91,92,96)(H4,93,94,97)/t48-,49?,50-,51?,53?,54?,55?,56?,57-,58-,59-,60?,61-,62-,63-,64?,65-,68?/m0/s1. The molecule has 14 amide bonds. The van der Waals surface area contributed by atoms with Gasteiger partial charge in [-0.2, -0.15) is 0 Å². The molecule has 1 saturated carbocycles. The smallest absolute Gasteiger partial charge is 0.326 e. The lowest BCUT2D eigenvalue weighted by molar-refractivity contribution is -0.146. The summed E-state index contributed by atoms with van der Waals surface area (Å²) < 4.78 is 0. The van der Waals surface area contributed by atoms with Gasteiger partial charge in [0.15, 0.2) is 23.7 Å². The Labute approximate surface area is 772 Å². The molecule has 2 heterocycles. The van der Waals surface area contributed by atoms with Crippen molar-refractivity contribution in [2.24, 2.45) is 96.4 Å². The molecule has 0 aromatic heterocycles. The van der Waals surface area contributed by atoms with Crippen molar-refractivity contribution in [2.45, 2.75) is 340 Å². The van der Waals surface area contributed by atoms with Crippen molar-refractivity contribution >= 4 is 118 Å². The molecule has 0 radical (unpaired) electrons. The molecule has 0 spiro atoms. The SMILES string of the molecule is CC[C@H](C)C(CC(=O)[C@H](CC1CCCCC1)NC(=O)C(CCCN=C(N)N)NC(=O)[C@H](CC(C)C)NC(=O)C(CCCN=C(N)N)NC(=O)[C@H](CO)NC(=O)C(NC(=O)[C@H](CC(C)C)NC(=O)C(CC(C)C)NC(=O)[C@H](C)NC(=O)C1CCCN1C(=O)[C@H](CCCN=C(N)N)NC(=O)C(C)NC(=O)C(N)CCC(=O)O)C(C)O)C(=O)N1CCC[C@H]1C(=O)N[C@@H](CCCCN)C(=O)O. The molecule has 32 N–H and O–H groups in total. The van der Waals surface area contributed by atoms with E-state index in [1.165, 1.54) is 23.6 Å². The number of carbonyl (C=O) groups is 17. The fourth-order valence-electron chi connectivity index (χ4n) is 15.9. The van der Waals surface area contributed by atoms with Gasteiger partial charge in [-0.05, 0) is 172 Å². The molecular weight excluding hydrogens is 1720 g/mol. The summed E-state index contributed by atoms with van der Waals surface area (Å²) in [7, 11) is 0. The highest BCUT2D eigenvalue weighted by molar-refractivity contribution is 6.01. The minimum atomic E-state index is -1.92. The Bertz CT molecular complexity index is 3910. The maximum absolute atomic E-state index is 15.1. The second-order valence-electron chi connectivity index (χ2n) is 36.1. The van der Waals surface area contributed by atoms with E-state index in [4.69, 9.17) is 51.0 Å². The first-order valence-electron chi connectivity index (χ1n) is 46.3. The average molecular weight is 1870 g/mol. The van der Waals surface area contributed by atoms with Gasteiger partial charge in [0.25, 0.3) is 0 Å². The quantitative estimate of drug-likeness (QED) is 0.0155. The molecule has 2 aliphatic heterocycles. The number of ketones is 1. The number of aliphatic hydroxyl groups is 2. The Hall–Kier alpha value is -11.2. The number of likely N-dealkylation sites (tertiary alicyclic amines) is 2. The van der Waals surface area contributed by atoms with Gasteiger partial charge in [0.05, 0.1) is 24.8 Å². The van der Waals surface area contributed by atoms with E-state index in [0.29, 0.717) is 38.6 Å². The Morgan fingerprint density at radius 1 is 0.409 bits per heavy atom. The molecule has 46 heteroatoms. The fourth-order valence-corrected chi connectivity index (χ4v) is 15.9. The van der Waals surface area contributed by atoms with Crippen LogP contribution in [-0.2, 0) is 81.5 Å². The number of nitrogens with zero attached hydrogens (tertiary/aromatic N) is 5. The lowest BCUT2D eigenvalue weighted by Crippen LogP contribution is -2.62. The lowest BCUT2D eigenvalue weighted by atomic mass is 9.80. The minimum absolute atomic E-state index is 0.000950. The van der Waals surface area contributed by atoms with Gasteiger partial charge in [-0.25, -0.2) is 4.79 Å².